The molecule has 0 fully saturated rings. The van der Waals surface area contributed by atoms with Crippen molar-refractivity contribution in [2.45, 2.75) is 6.10 Å². The largest absolute Gasteiger partial charge is 0.497 e. The third-order valence-electron chi connectivity index (χ3n) is 3.18. The second-order valence-corrected chi connectivity index (χ2v) is 6.02. The number of ether oxygens (including phenoxy) is 1. The van der Waals surface area contributed by atoms with E-state index in [0.717, 1.165) is 27.0 Å². The number of hydrogen-bond donors (Lipinski definition) is 1. The molecule has 1 atom stereocenters. The minimum atomic E-state index is -0.664. The number of rotatable bonds is 3. The van der Waals surface area contributed by atoms with Crippen molar-refractivity contribution in [2.75, 3.05) is 7.11 Å². The molecule has 1 heterocycles. The van der Waals surface area contributed by atoms with E-state index in [2.05, 4.69) is 20.9 Å². The summed E-state index contributed by atoms with van der Waals surface area (Å²) in [6.45, 7) is 0. The summed E-state index contributed by atoms with van der Waals surface area (Å²) in [5.41, 5.74) is 2.57. The zero-order chi connectivity index (χ0) is 14.1. The minimum Gasteiger partial charge on any atom is -0.497 e. The fourth-order valence-corrected chi connectivity index (χ4v) is 3.53. The van der Waals surface area contributed by atoms with Crippen LogP contribution >= 0.6 is 27.3 Å². The molecule has 1 aromatic heterocycles. The Kier molecular flexibility index (Phi) is 3.74. The third kappa shape index (κ3) is 2.44. The van der Waals surface area contributed by atoms with Crippen molar-refractivity contribution < 1.29 is 9.84 Å². The van der Waals surface area contributed by atoms with Gasteiger partial charge in [0.25, 0.3) is 0 Å². The second-order valence-electron chi connectivity index (χ2n) is 4.38. The van der Waals surface area contributed by atoms with Crippen LogP contribution in [0.15, 0.2) is 46.5 Å². The van der Waals surface area contributed by atoms with Crippen molar-refractivity contribution in [3.05, 3.63) is 57.0 Å². The SMILES string of the molecule is COc1ccc2cc(C(O)c3scnc3Br)ccc2c1. The van der Waals surface area contributed by atoms with Gasteiger partial charge in [-0.3, -0.25) is 0 Å². The van der Waals surface area contributed by atoms with Gasteiger partial charge >= 0.3 is 0 Å². The summed E-state index contributed by atoms with van der Waals surface area (Å²) < 4.78 is 5.91. The molecule has 1 unspecified atom stereocenters. The van der Waals surface area contributed by atoms with E-state index in [-0.39, 0.29) is 0 Å². The Hall–Kier alpha value is -1.43. The Morgan fingerprint density at radius 2 is 1.95 bits per heavy atom. The Morgan fingerprint density at radius 3 is 2.65 bits per heavy atom. The zero-order valence-electron chi connectivity index (χ0n) is 10.7. The maximum absolute atomic E-state index is 10.4. The van der Waals surface area contributed by atoms with E-state index in [0.29, 0.717) is 4.60 Å². The fraction of sp³-hybridized carbons (Fsp3) is 0.133. The van der Waals surface area contributed by atoms with Crippen molar-refractivity contribution in [3.63, 3.8) is 0 Å². The van der Waals surface area contributed by atoms with Gasteiger partial charge in [0.1, 0.15) is 16.5 Å². The molecule has 1 N–H and O–H groups in total. The van der Waals surface area contributed by atoms with Crippen molar-refractivity contribution >= 4 is 38.0 Å². The number of thiazole rings is 1. The summed E-state index contributed by atoms with van der Waals surface area (Å²) in [7, 11) is 1.65. The molecule has 0 spiro atoms. The number of aliphatic hydroxyl groups excluding tert-OH is 1. The van der Waals surface area contributed by atoms with E-state index in [4.69, 9.17) is 4.74 Å². The molecule has 3 aromatic rings. The van der Waals surface area contributed by atoms with Gasteiger partial charge in [0.2, 0.25) is 0 Å². The van der Waals surface area contributed by atoms with Gasteiger partial charge in [0.05, 0.1) is 17.5 Å². The third-order valence-corrected chi connectivity index (χ3v) is 4.96. The van der Waals surface area contributed by atoms with Crippen LogP contribution in [-0.2, 0) is 0 Å². The van der Waals surface area contributed by atoms with E-state index < -0.39 is 6.10 Å². The molecular weight excluding hydrogens is 338 g/mol. The van der Waals surface area contributed by atoms with E-state index >= 15 is 0 Å². The number of aromatic nitrogens is 1. The minimum absolute atomic E-state index is 0.664. The van der Waals surface area contributed by atoms with Crippen LogP contribution in [0.3, 0.4) is 0 Å². The average Bonchev–Trinajstić information content (AvgIpc) is 2.91. The molecular formula is C15H12BrNO2S. The molecule has 0 saturated heterocycles. The van der Waals surface area contributed by atoms with Gasteiger partial charge < -0.3 is 9.84 Å². The second kappa shape index (κ2) is 5.52. The first-order chi connectivity index (χ1) is 9.69. The van der Waals surface area contributed by atoms with Crippen molar-refractivity contribution in [2.24, 2.45) is 0 Å². The lowest BCUT2D eigenvalue weighted by Crippen LogP contribution is -1.98. The van der Waals surface area contributed by atoms with E-state index in [1.54, 1.807) is 12.6 Å². The summed E-state index contributed by atoms with van der Waals surface area (Å²) in [4.78, 5) is 4.92. The Balaban J connectivity index is 2.03. The average molecular weight is 350 g/mol. The number of nitrogens with zero attached hydrogens (tertiary/aromatic N) is 1. The highest BCUT2D eigenvalue weighted by atomic mass is 79.9. The number of hydrogen-bond acceptors (Lipinski definition) is 4. The first-order valence-corrected chi connectivity index (χ1v) is 7.71. The van der Waals surface area contributed by atoms with Crippen molar-refractivity contribution in [3.8, 4) is 5.75 Å². The van der Waals surface area contributed by atoms with Crippen LogP contribution in [-0.4, -0.2) is 17.2 Å². The molecule has 3 nitrogen and oxygen atoms in total. The van der Waals surface area contributed by atoms with Gasteiger partial charge in [-0.15, -0.1) is 11.3 Å². The van der Waals surface area contributed by atoms with Gasteiger partial charge in [-0.1, -0.05) is 18.2 Å². The summed E-state index contributed by atoms with van der Waals surface area (Å²) in [6.07, 6.45) is -0.664. The highest BCUT2D eigenvalue weighted by Crippen LogP contribution is 2.33. The van der Waals surface area contributed by atoms with Crippen molar-refractivity contribution in [1.82, 2.24) is 4.98 Å². The van der Waals surface area contributed by atoms with E-state index in [1.807, 2.05) is 36.4 Å². The first-order valence-electron chi connectivity index (χ1n) is 6.03. The lowest BCUT2D eigenvalue weighted by molar-refractivity contribution is 0.223. The molecule has 0 bridgehead atoms. The predicted molar refractivity (Wildman–Crippen MR) is 84.4 cm³/mol. The highest BCUT2D eigenvalue weighted by molar-refractivity contribution is 9.10. The van der Waals surface area contributed by atoms with Gasteiger partial charge in [-0.05, 0) is 50.5 Å². The Morgan fingerprint density at radius 1 is 1.20 bits per heavy atom. The number of aliphatic hydroxyl groups is 1. The normalized spacial score (nSPS) is 12.6. The van der Waals surface area contributed by atoms with Crippen LogP contribution in [0.4, 0.5) is 0 Å². The Bertz CT molecular complexity index is 756. The van der Waals surface area contributed by atoms with Crippen LogP contribution in [0.2, 0.25) is 0 Å². The topological polar surface area (TPSA) is 42.4 Å². The molecule has 0 amide bonds. The van der Waals surface area contributed by atoms with Crippen molar-refractivity contribution in [1.29, 1.82) is 0 Å². The molecule has 0 saturated carbocycles. The first kappa shape index (κ1) is 13.5. The highest BCUT2D eigenvalue weighted by Gasteiger charge is 2.16. The summed E-state index contributed by atoms with van der Waals surface area (Å²) in [5, 5.41) is 12.6. The molecule has 0 aliphatic heterocycles. The van der Waals surface area contributed by atoms with E-state index in [9.17, 15) is 5.11 Å². The summed E-state index contributed by atoms with van der Waals surface area (Å²) in [6, 6.07) is 11.8. The molecule has 102 valence electrons. The molecule has 5 heteroatoms. The predicted octanol–water partition coefficient (Wildman–Crippen LogP) is 4.15. The lowest BCUT2D eigenvalue weighted by atomic mass is 10.0. The van der Waals surface area contributed by atoms with Crippen LogP contribution in [0, 0.1) is 0 Å². The van der Waals surface area contributed by atoms with Gasteiger partial charge in [0, 0.05) is 0 Å². The van der Waals surface area contributed by atoms with Gasteiger partial charge in [0.15, 0.2) is 0 Å². The maximum Gasteiger partial charge on any atom is 0.123 e. The maximum atomic E-state index is 10.4. The number of methoxy groups -OCH3 is 1. The van der Waals surface area contributed by atoms with Gasteiger partial charge in [-0.2, -0.15) is 0 Å². The lowest BCUT2D eigenvalue weighted by Gasteiger charge is -2.11. The van der Waals surface area contributed by atoms with Gasteiger partial charge in [-0.25, -0.2) is 4.98 Å². The molecule has 0 aliphatic carbocycles. The number of halogens is 1. The summed E-state index contributed by atoms with van der Waals surface area (Å²) in [5.74, 6) is 0.830. The Labute approximate surface area is 129 Å². The number of fused-ring (bicyclic) bond motifs is 1. The van der Waals surface area contributed by atoms with Crippen LogP contribution in [0.25, 0.3) is 10.8 Å². The number of benzene rings is 2. The molecule has 0 aliphatic rings. The zero-order valence-corrected chi connectivity index (χ0v) is 13.1. The fourth-order valence-electron chi connectivity index (χ4n) is 2.11. The smallest absolute Gasteiger partial charge is 0.123 e. The molecule has 0 radical (unpaired) electrons. The quantitative estimate of drug-likeness (QED) is 0.772. The molecule has 2 aromatic carbocycles. The summed E-state index contributed by atoms with van der Waals surface area (Å²) >= 11 is 4.79. The van der Waals surface area contributed by atoms with E-state index in [1.165, 1.54) is 11.3 Å². The van der Waals surface area contributed by atoms with Crippen LogP contribution < -0.4 is 4.74 Å². The molecule has 20 heavy (non-hydrogen) atoms. The monoisotopic (exact) mass is 349 g/mol. The standard InChI is InChI=1S/C15H12BrNO2S/c1-19-12-5-4-9-6-11(3-2-10(9)7-12)13(18)14-15(16)17-8-20-14/h2-8,13,18H,1H3. The molecule has 3 rings (SSSR count). The van der Waals surface area contributed by atoms with Crippen LogP contribution in [0.5, 0.6) is 5.75 Å². The van der Waals surface area contributed by atoms with Crippen LogP contribution in [0.1, 0.15) is 16.5 Å².